The van der Waals surface area contributed by atoms with E-state index in [9.17, 15) is 4.79 Å². The second-order valence-corrected chi connectivity index (χ2v) is 4.73. The molecule has 0 aromatic carbocycles. The molecule has 1 aromatic heterocycles. The fraction of sp³-hybridized carbons (Fsp3) is 0.538. The molecular weight excluding hydrogens is 200 g/mol. The van der Waals surface area contributed by atoms with Gasteiger partial charge >= 0.3 is 0 Å². The first-order chi connectivity index (χ1) is 7.86. The Hall–Kier alpha value is -1.38. The van der Waals surface area contributed by atoms with Gasteiger partial charge in [0.15, 0.2) is 0 Å². The Balaban J connectivity index is 2.08. The van der Waals surface area contributed by atoms with E-state index in [2.05, 4.69) is 9.97 Å². The summed E-state index contributed by atoms with van der Waals surface area (Å²) in [7, 11) is 0. The molecule has 16 heavy (non-hydrogen) atoms. The van der Waals surface area contributed by atoms with Crippen LogP contribution in [0.4, 0.5) is 0 Å². The minimum Gasteiger partial charge on any atom is -0.313 e. The summed E-state index contributed by atoms with van der Waals surface area (Å²) in [4.78, 5) is 18.8. The molecule has 1 aromatic rings. The molecule has 0 bridgehead atoms. The van der Waals surface area contributed by atoms with Crippen LogP contribution in [0.2, 0.25) is 0 Å². The normalized spacial score (nSPS) is 20.0. The van der Waals surface area contributed by atoms with Crippen LogP contribution >= 0.6 is 0 Å². The minimum absolute atomic E-state index is 0.0515. The van der Waals surface area contributed by atoms with Crippen molar-refractivity contribution in [3.8, 4) is 0 Å². The molecule has 0 radical (unpaired) electrons. The number of aromatic nitrogens is 2. The van der Waals surface area contributed by atoms with E-state index in [0.717, 1.165) is 30.5 Å². The average Bonchev–Trinajstić information content (AvgIpc) is 2.57. The third-order valence-electron chi connectivity index (χ3n) is 3.70. The topological polar surface area (TPSA) is 45.8 Å². The summed E-state index contributed by atoms with van der Waals surface area (Å²) in [6, 6.07) is 0. The van der Waals surface area contributed by atoms with Crippen molar-refractivity contribution < 1.29 is 0 Å². The number of nitrogens with one attached hydrogen (secondary N) is 1. The number of aromatic amines is 1. The molecule has 1 N–H and O–H groups in total. The van der Waals surface area contributed by atoms with Crippen molar-refractivity contribution in [2.24, 2.45) is 0 Å². The zero-order chi connectivity index (χ0) is 11.0. The maximum atomic E-state index is 11.8. The van der Waals surface area contributed by atoms with Crippen LogP contribution in [0.15, 0.2) is 16.7 Å². The molecule has 0 spiro atoms. The highest BCUT2D eigenvalue weighted by Gasteiger charge is 2.25. The highest BCUT2D eigenvalue weighted by Crippen LogP contribution is 2.36. The lowest BCUT2D eigenvalue weighted by Gasteiger charge is -2.11. The van der Waals surface area contributed by atoms with E-state index in [-0.39, 0.29) is 5.56 Å². The molecule has 0 amide bonds. The van der Waals surface area contributed by atoms with Gasteiger partial charge in [0.1, 0.15) is 0 Å². The zero-order valence-corrected chi connectivity index (χ0v) is 9.38. The number of rotatable bonds is 0. The van der Waals surface area contributed by atoms with E-state index in [0.29, 0.717) is 0 Å². The van der Waals surface area contributed by atoms with Crippen LogP contribution in [0.25, 0.3) is 5.57 Å². The van der Waals surface area contributed by atoms with Gasteiger partial charge in [0.25, 0.3) is 5.56 Å². The monoisotopic (exact) mass is 216 g/mol. The van der Waals surface area contributed by atoms with Gasteiger partial charge in [0, 0.05) is 6.42 Å². The van der Waals surface area contributed by atoms with E-state index in [1.165, 1.54) is 43.2 Å². The maximum Gasteiger partial charge on any atom is 0.258 e. The van der Waals surface area contributed by atoms with Crippen molar-refractivity contribution in [3.05, 3.63) is 33.5 Å². The van der Waals surface area contributed by atoms with Gasteiger partial charge in [-0.15, -0.1) is 0 Å². The van der Waals surface area contributed by atoms with Crippen LogP contribution in [-0.4, -0.2) is 9.97 Å². The van der Waals surface area contributed by atoms with Crippen LogP contribution in [-0.2, 0) is 6.42 Å². The molecule has 0 atom stereocenters. The summed E-state index contributed by atoms with van der Waals surface area (Å²) in [6.07, 6.45) is 9.77. The van der Waals surface area contributed by atoms with Crippen molar-refractivity contribution in [1.29, 1.82) is 0 Å². The highest BCUT2D eigenvalue weighted by molar-refractivity contribution is 5.74. The number of hydrogen-bond donors (Lipinski definition) is 1. The van der Waals surface area contributed by atoms with Crippen molar-refractivity contribution >= 4 is 5.57 Å². The highest BCUT2D eigenvalue weighted by atomic mass is 16.1. The summed E-state index contributed by atoms with van der Waals surface area (Å²) in [6.45, 7) is 0. The number of allylic oxidation sites excluding steroid dienone is 2. The van der Waals surface area contributed by atoms with Gasteiger partial charge in [-0.2, -0.15) is 0 Å². The number of fused-ring (bicyclic) bond motifs is 2. The smallest absolute Gasteiger partial charge is 0.258 e. The Morgan fingerprint density at radius 3 is 2.81 bits per heavy atom. The lowest BCUT2D eigenvalue weighted by atomic mass is 9.94. The Morgan fingerprint density at radius 2 is 1.94 bits per heavy atom. The fourth-order valence-corrected chi connectivity index (χ4v) is 2.90. The minimum atomic E-state index is 0.0515. The molecule has 1 heterocycles. The molecule has 0 saturated heterocycles. The predicted octanol–water partition coefficient (Wildman–Crippen LogP) is 2.43. The largest absolute Gasteiger partial charge is 0.313 e. The maximum absolute atomic E-state index is 11.8. The molecule has 3 heteroatoms. The average molecular weight is 216 g/mol. The Kier molecular flexibility index (Phi) is 2.39. The van der Waals surface area contributed by atoms with Crippen LogP contribution in [0, 0.1) is 0 Å². The fourth-order valence-electron chi connectivity index (χ4n) is 2.90. The van der Waals surface area contributed by atoms with Crippen LogP contribution in [0.3, 0.4) is 0 Å². The lowest BCUT2D eigenvalue weighted by Crippen LogP contribution is -2.13. The first-order valence-corrected chi connectivity index (χ1v) is 6.14. The summed E-state index contributed by atoms with van der Waals surface area (Å²) in [5, 5.41) is 0. The van der Waals surface area contributed by atoms with Gasteiger partial charge in [-0.05, 0) is 31.3 Å². The van der Waals surface area contributed by atoms with E-state index in [1.54, 1.807) is 0 Å². The van der Waals surface area contributed by atoms with E-state index in [1.807, 2.05) is 0 Å². The van der Waals surface area contributed by atoms with E-state index >= 15 is 0 Å². The summed E-state index contributed by atoms with van der Waals surface area (Å²) in [5.74, 6) is 0. The quantitative estimate of drug-likeness (QED) is 0.724. The molecule has 0 fully saturated rings. The molecule has 0 saturated carbocycles. The third kappa shape index (κ3) is 1.51. The molecule has 2 aliphatic carbocycles. The standard InChI is InChI=1S/C13H16N2O/c16-13-12-10-6-4-2-1-3-5-9(10)7-11(12)14-8-15-13/h8H,1-7H2,(H,14,15,16). The summed E-state index contributed by atoms with van der Waals surface area (Å²) in [5.41, 5.74) is 4.72. The van der Waals surface area contributed by atoms with Gasteiger partial charge in [-0.3, -0.25) is 4.79 Å². The van der Waals surface area contributed by atoms with Crippen LogP contribution in [0.1, 0.15) is 49.8 Å². The van der Waals surface area contributed by atoms with Crippen LogP contribution in [0.5, 0.6) is 0 Å². The number of hydrogen-bond acceptors (Lipinski definition) is 2. The third-order valence-corrected chi connectivity index (χ3v) is 3.70. The predicted molar refractivity (Wildman–Crippen MR) is 63.2 cm³/mol. The summed E-state index contributed by atoms with van der Waals surface area (Å²) >= 11 is 0. The van der Waals surface area contributed by atoms with Crippen molar-refractivity contribution in [3.63, 3.8) is 0 Å². The second-order valence-electron chi connectivity index (χ2n) is 4.73. The first kappa shape index (κ1) is 9.82. The molecule has 0 aliphatic heterocycles. The number of H-pyrrole nitrogens is 1. The summed E-state index contributed by atoms with van der Waals surface area (Å²) < 4.78 is 0. The van der Waals surface area contributed by atoms with Gasteiger partial charge < -0.3 is 4.98 Å². The molecule has 2 aliphatic rings. The van der Waals surface area contributed by atoms with Gasteiger partial charge in [-0.1, -0.05) is 18.4 Å². The molecular formula is C13H16N2O. The lowest BCUT2D eigenvalue weighted by molar-refractivity contribution is 0.630. The molecule has 3 rings (SSSR count). The molecule has 3 nitrogen and oxygen atoms in total. The van der Waals surface area contributed by atoms with E-state index < -0.39 is 0 Å². The van der Waals surface area contributed by atoms with Crippen molar-refractivity contribution in [2.75, 3.05) is 0 Å². The Morgan fingerprint density at radius 1 is 1.12 bits per heavy atom. The molecule has 84 valence electrons. The van der Waals surface area contributed by atoms with Gasteiger partial charge in [0.05, 0.1) is 17.6 Å². The zero-order valence-electron chi connectivity index (χ0n) is 9.38. The SMILES string of the molecule is O=c1[nH]cnc2c1C1=C(CCCCCC1)C2. The van der Waals surface area contributed by atoms with Crippen molar-refractivity contribution in [1.82, 2.24) is 9.97 Å². The number of nitrogens with zero attached hydrogens (tertiary/aromatic N) is 1. The van der Waals surface area contributed by atoms with Gasteiger partial charge in [-0.25, -0.2) is 4.98 Å². The second kappa shape index (κ2) is 3.89. The Labute approximate surface area is 94.6 Å². The van der Waals surface area contributed by atoms with E-state index in [4.69, 9.17) is 0 Å². The van der Waals surface area contributed by atoms with Crippen LogP contribution < -0.4 is 5.56 Å². The first-order valence-electron chi connectivity index (χ1n) is 6.14. The van der Waals surface area contributed by atoms with Crippen molar-refractivity contribution in [2.45, 2.75) is 44.9 Å². The Bertz CT molecular complexity index is 499. The molecule has 0 unspecified atom stereocenters. The van der Waals surface area contributed by atoms with Gasteiger partial charge in [0.2, 0.25) is 0 Å².